The third-order valence-corrected chi connectivity index (χ3v) is 3.48. The number of allylic oxidation sites excluding steroid dienone is 1. The van der Waals surface area contributed by atoms with Gasteiger partial charge in [0.1, 0.15) is 0 Å². The smallest absolute Gasteiger partial charge is 0.312 e. The summed E-state index contributed by atoms with van der Waals surface area (Å²) in [5, 5.41) is 0. The van der Waals surface area contributed by atoms with E-state index in [-0.39, 0.29) is 12.8 Å². The predicted octanol–water partition coefficient (Wildman–Crippen LogP) is 3.60. The van der Waals surface area contributed by atoms with E-state index in [9.17, 15) is 26.7 Å². The number of benzene rings is 1. The molecule has 0 heterocycles. The first kappa shape index (κ1) is 15.5. The van der Waals surface area contributed by atoms with Crippen molar-refractivity contribution in [1.82, 2.24) is 0 Å². The Morgan fingerprint density at radius 3 is 1.90 bits per heavy atom. The average Bonchev–Trinajstić information content (AvgIpc) is 2.51. The van der Waals surface area contributed by atoms with Crippen LogP contribution in [0.1, 0.15) is 24.3 Å². The van der Waals surface area contributed by atoms with E-state index in [1.165, 1.54) is 19.3 Å². The van der Waals surface area contributed by atoms with Gasteiger partial charge >= 0.3 is 5.97 Å². The van der Waals surface area contributed by atoms with Gasteiger partial charge in [-0.25, -0.2) is 22.0 Å². The Hall–Kier alpha value is -1.92. The maximum Gasteiger partial charge on any atom is 0.312 e. The zero-order valence-corrected chi connectivity index (χ0v) is 10.9. The van der Waals surface area contributed by atoms with Crippen LogP contribution in [-0.4, -0.2) is 13.1 Å². The SMILES string of the molecule is COC(=O)[C@H]1C=C[C@H](c2c(F)c(F)c(F)c(F)c2F)CC1. The van der Waals surface area contributed by atoms with E-state index in [1.807, 2.05) is 0 Å². The van der Waals surface area contributed by atoms with Crippen molar-refractivity contribution in [3.8, 4) is 0 Å². The number of carbonyl (C=O) groups is 1. The van der Waals surface area contributed by atoms with Crippen LogP contribution in [0.4, 0.5) is 22.0 Å². The molecule has 0 fully saturated rings. The number of hydrogen-bond donors (Lipinski definition) is 0. The number of carbonyl (C=O) groups excluding carboxylic acids is 1. The highest BCUT2D eigenvalue weighted by Crippen LogP contribution is 2.36. The van der Waals surface area contributed by atoms with Crippen molar-refractivity contribution in [3.05, 3.63) is 46.8 Å². The zero-order valence-electron chi connectivity index (χ0n) is 10.9. The van der Waals surface area contributed by atoms with Gasteiger partial charge in [-0.1, -0.05) is 12.2 Å². The van der Waals surface area contributed by atoms with Crippen LogP contribution >= 0.6 is 0 Å². The van der Waals surface area contributed by atoms with Crippen LogP contribution in [0.25, 0.3) is 0 Å². The van der Waals surface area contributed by atoms with E-state index in [1.54, 1.807) is 0 Å². The molecule has 1 aromatic rings. The van der Waals surface area contributed by atoms with Crippen molar-refractivity contribution in [1.29, 1.82) is 0 Å². The monoisotopic (exact) mass is 306 g/mol. The summed E-state index contributed by atoms with van der Waals surface area (Å²) in [6.45, 7) is 0. The molecule has 0 saturated heterocycles. The molecule has 0 N–H and O–H groups in total. The number of hydrogen-bond acceptors (Lipinski definition) is 2. The van der Waals surface area contributed by atoms with Crippen LogP contribution in [-0.2, 0) is 9.53 Å². The molecule has 0 spiro atoms. The summed E-state index contributed by atoms with van der Waals surface area (Å²) in [7, 11) is 1.20. The predicted molar refractivity (Wildman–Crippen MR) is 62.9 cm³/mol. The highest BCUT2D eigenvalue weighted by molar-refractivity contribution is 5.74. The Kier molecular flexibility index (Phi) is 4.29. The normalized spacial score (nSPS) is 21.4. The minimum absolute atomic E-state index is 0.0780. The van der Waals surface area contributed by atoms with Gasteiger partial charge in [0.15, 0.2) is 23.3 Å². The Bertz CT molecular complexity index is 583. The fraction of sp³-hybridized carbons (Fsp3) is 0.357. The molecule has 1 aliphatic rings. The summed E-state index contributed by atoms with van der Waals surface area (Å²) >= 11 is 0. The maximum atomic E-state index is 13.7. The first-order chi connectivity index (χ1) is 9.88. The summed E-state index contributed by atoms with van der Waals surface area (Å²) in [6, 6.07) is 0. The van der Waals surface area contributed by atoms with Gasteiger partial charge in [-0.15, -0.1) is 0 Å². The molecule has 0 unspecified atom stereocenters. The Morgan fingerprint density at radius 2 is 1.48 bits per heavy atom. The van der Waals surface area contributed by atoms with Crippen molar-refractivity contribution < 1.29 is 31.5 Å². The molecular formula is C14H11F5O2. The van der Waals surface area contributed by atoms with Crippen molar-refractivity contribution in [3.63, 3.8) is 0 Å². The van der Waals surface area contributed by atoms with Gasteiger partial charge in [0.2, 0.25) is 5.82 Å². The lowest BCUT2D eigenvalue weighted by molar-refractivity contribution is -0.144. The van der Waals surface area contributed by atoms with E-state index in [0.717, 1.165) is 0 Å². The molecular weight excluding hydrogens is 295 g/mol. The number of esters is 1. The minimum Gasteiger partial charge on any atom is -0.469 e. The minimum atomic E-state index is -2.18. The Morgan fingerprint density at radius 1 is 0.952 bits per heavy atom. The molecule has 0 bridgehead atoms. The van der Waals surface area contributed by atoms with Gasteiger partial charge in [-0.2, -0.15) is 0 Å². The van der Waals surface area contributed by atoms with Crippen molar-refractivity contribution in [2.75, 3.05) is 7.11 Å². The fourth-order valence-corrected chi connectivity index (χ4v) is 2.36. The van der Waals surface area contributed by atoms with Gasteiger partial charge in [0.05, 0.1) is 13.0 Å². The standard InChI is InChI=1S/C14H11F5O2/c1-21-14(20)7-4-2-6(3-5-7)8-9(15)11(17)13(19)12(18)10(8)16/h2,4,6-7H,3,5H2,1H3/t6-,7-/m0/s1. The molecule has 7 heteroatoms. The highest BCUT2D eigenvalue weighted by Gasteiger charge is 2.32. The molecule has 0 saturated carbocycles. The number of halogens is 5. The van der Waals surface area contributed by atoms with Crippen LogP contribution in [0.5, 0.6) is 0 Å². The Balaban J connectivity index is 2.39. The lowest BCUT2D eigenvalue weighted by atomic mass is 9.84. The van der Waals surface area contributed by atoms with Crippen LogP contribution < -0.4 is 0 Å². The van der Waals surface area contributed by atoms with Crippen LogP contribution in [0, 0.1) is 35.0 Å². The second-order valence-corrected chi connectivity index (χ2v) is 4.68. The summed E-state index contributed by atoms with van der Waals surface area (Å²) in [5.74, 6) is -11.8. The maximum absolute atomic E-state index is 13.7. The molecule has 0 aliphatic heterocycles. The lowest BCUT2D eigenvalue weighted by Crippen LogP contribution is -2.20. The van der Waals surface area contributed by atoms with Gasteiger partial charge < -0.3 is 4.74 Å². The van der Waals surface area contributed by atoms with E-state index in [2.05, 4.69) is 4.74 Å². The fourth-order valence-electron chi connectivity index (χ4n) is 2.36. The summed E-state index contributed by atoms with van der Waals surface area (Å²) in [4.78, 5) is 11.3. The van der Waals surface area contributed by atoms with Crippen molar-refractivity contribution >= 4 is 5.97 Å². The number of ether oxygens (including phenoxy) is 1. The molecule has 0 amide bonds. The molecule has 0 aromatic heterocycles. The van der Waals surface area contributed by atoms with Gasteiger partial charge in [-0.05, 0) is 12.8 Å². The Labute approximate surface area is 117 Å². The summed E-state index contributed by atoms with van der Waals surface area (Å²) in [6.07, 6.45) is 2.91. The molecule has 1 aliphatic carbocycles. The molecule has 0 radical (unpaired) electrons. The van der Waals surface area contributed by atoms with E-state index in [0.29, 0.717) is 0 Å². The highest BCUT2D eigenvalue weighted by atomic mass is 19.2. The first-order valence-corrected chi connectivity index (χ1v) is 6.16. The number of rotatable bonds is 2. The molecule has 114 valence electrons. The largest absolute Gasteiger partial charge is 0.469 e. The molecule has 2 atom stereocenters. The van der Waals surface area contributed by atoms with Crippen molar-refractivity contribution in [2.24, 2.45) is 5.92 Å². The molecule has 21 heavy (non-hydrogen) atoms. The third kappa shape index (κ3) is 2.64. The second kappa shape index (κ2) is 5.83. The van der Waals surface area contributed by atoms with Crippen LogP contribution in [0.2, 0.25) is 0 Å². The van der Waals surface area contributed by atoms with Crippen LogP contribution in [0.3, 0.4) is 0 Å². The van der Waals surface area contributed by atoms with Crippen molar-refractivity contribution in [2.45, 2.75) is 18.8 Å². The van der Waals surface area contributed by atoms with Crippen LogP contribution in [0.15, 0.2) is 12.2 Å². The third-order valence-electron chi connectivity index (χ3n) is 3.48. The second-order valence-electron chi connectivity index (χ2n) is 4.68. The quantitative estimate of drug-likeness (QED) is 0.274. The van der Waals surface area contributed by atoms with E-state index in [4.69, 9.17) is 0 Å². The summed E-state index contributed by atoms with van der Waals surface area (Å²) in [5.41, 5.74) is -0.869. The number of methoxy groups -OCH3 is 1. The molecule has 2 rings (SSSR count). The average molecular weight is 306 g/mol. The first-order valence-electron chi connectivity index (χ1n) is 6.16. The zero-order chi connectivity index (χ0) is 15.7. The topological polar surface area (TPSA) is 26.3 Å². The molecule has 2 nitrogen and oxygen atoms in total. The lowest BCUT2D eigenvalue weighted by Gasteiger charge is -2.22. The van der Waals surface area contributed by atoms with Gasteiger partial charge in [0.25, 0.3) is 0 Å². The van der Waals surface area contributed by atoms with E-state index < -0.39 is 52.5 Å². The van der Waals surface area contributed by atoms with Gasteiger partial charge in [0, 0.05) is 11.5 Å². The molecule has 1 aromatic carbocycles. The van der Waals surface area contributed by atoms with Gasteiger partial charge in [-0.3, -0.25) is 4.79 Å². The summed E-state index contributed by atoms with van der Waals surface area (Å²) < 4.78 is 71.1. The van der Waals surface area contributed by atoms with E-state index >= 15 is 0 Å².